The first-order chi connectivity index (χ1) is 17.0. The lowest BCUT2D eigenvalue weighted by Crippen LogP contribution is -2.31. The monoisotopic (exact) mass is 477 g/mol. The van der Waals surface area contributed by atoms with Crippen molar-refractivity contribution in [2.24, 2.45) is 0 Å². The number of aliphatic hydroxyl groups excluding tert-OH is 1. The van der Waals surface area contributed by atoms with E-state index in [-0.39, 0.29) is 12.6 Å². The summed E-state index contributed by atoms with van der Waals surface area (Å²) in [6, 6.07) is 4.59. The van der Waals surface area contributed by atoms with Crippen molar-refractivity contribution in [3.05, 3.63) is 54.0 Å². The van der Waals surface area contributed by atoms with Crippen LogP contribution in [0.1, 0.15) is 36.4 Å². The molecule has 0 unspecified atom stereocenters. The van der Waals surface area contributed by atoms with Crippen molar-refractivity contribution in [1.29, 1.82) is 5.26 Å². The van der Waals surface area contributed by atoms with Gasteiger partial charge in [-0.05, 0) is 38.0 Å². The highest BCUT2D eigenvalue weighted by Crippen LogP contribution is 2.39. The van der Waals surface area contributed by atoms with Crippen LogP contribution in [0.3, 0.4) is 0 Å². The van der Waals surface area contributed by atoms with Gasteiger partial charge in [0.15, 0.2) is 18.0 Å². The van der Waals surface area contributed by atoms with Gasteiger partial charge in [0.2, 0.25) is 0 Å². The number of nitrogens with two attached hydrogens (primary N) is 1. The molecule has 11 nitrogen and oxygen atoms in total. The molecule has 3 N–H and O–H groups in total. The van der Waals surface area contributed by atoms with Crippen molar-refractivity contribution in [2.45, 2.75) is 31.9 Å². The van der Waals surface area contributed by atoms with Crippen LogP contribution in [0.25, 0.3) is 16.8 Å². The number of rotatable bonds is 6. The van der Waals surface area contributed by atoms with Gasteiger partial charge in [0.25, 0.3) is 0 Å². The minimum Gasteiger partial charge on any atom is -0.477 e. The summed E-state index contributed by atoms with van der Waals surface area (Å²) in [5, 5.41) is 32.2. The summed E-state index contributed by atoms with van der Waals surface area (Å²) in [4.78, 5) is 5.77. The predicted molar refractivity (Wildman–Crippen MR) is 123 cm³/mol. The number of nitrogen functional groups attached to an aromatic ring is 1. The van der Waals surface area contributed by atoms with Gasteiger partial charge in [-0.3, -0.25) is 4.98 Å². The third-order valence-electron chi connectivity index (χ3n) is 6.33. The Kier molecular flexibility index (Phi) is 5.92. The normalized spacial score (nSPS) is 15.3. The van der Waals surface area contributed by atoms with E-state index in [1.54, 1.807) is 27.9 Å². The van der Waals surface area contributed by atoms with E-state index in [4.69, 9.17) is 15.7 Å². The van der Waals surface area contributed by atoms with Gasteiger partial charge in [-0.1, -0.05) is 5.21 Å². The number of nitriles is 1. The molecule has 35 heavy (non-hydrogen) atoms. The topological polar surface area (TPSA) is 143 Å². The minimum absolute atomic E-state index is 0.134. The van der Waals surface area contributed by atoms with Crippen LogP contribution >= 0.6 is 0 Å². The summed E-state index contributed by atoms with van der Waals surface area (Å²) in [5.41, 5.74) is 9.87. The smallest absolute Gasteiger partial charge is 0.179 e. The summed E-state index contributed by atoms with van der Waals surface area (Å²) >= 11 is 0. The van der Waals surface area contributed by atoms with Crippen LogP contribution in [0.4, 0.5) is 10.1 Å². The summed E-state index contributed by atoms with van der Waals surface area (Å²) in [5.74, 6) is -0.177. The highest BCUT2D eigenvalue weighted by atomic mass is 19.1. The van der Waals surface area contributed by atoms with Gasteiger partial charge in [-0.25, -0.2) is 13.6 Å². The first kappa shape index (κ1) is 22.5. The molecule has 180 valence electrons. The first-order valence-corrected chi connectivity index (χ1v) is 11.2. The van der Waals surface area contributed by atoms with Crippen molar-refractivity contribution in [3.8, 4) is 23.2 Å². The Labute approximate surface area is 200 Å². The van der Waals surface area contributed by atoms with Crippen molar-refractivity contribution in [1.82, 2.24) is 34.5 Å². The number of likely N-dealkylation sites (tertiary alicyclic amines) is 1. The molecule has 1 aliphatic heterocycles. The largest absolute Gasteiger partial charge is 0.477 e. The fraction of sp³-hybridized carbons (Fsp3) is 0.348. The van der Waals surface area contributed by atoms with Gasteiger partial charge in [0.1, 0.15) is 17.0 Å². The van der Waals surface area contributed by atoms with Gasteiger partial charge >= 0.3 is 0 Å². The molecule has 0 aromatic carbocycles. The number of piperidine rings is 1. The van der Waals surface area contributed by atoms with Crippen molar-refractivity contribution in [3.63, 3.8) is 0 Å². The van der Waals surface area contributed by atoms with E-state index in [0.29, 0.717) is 47.0 Å². The average Bonchev–Trinajstić information content (AvgIpc) is 3.50. The van der Waals surface area contributed by atoms with Crippen LogP contribution in [0.2, 0.25) is 0 Å². The lowest BCUT2D eigenvalue weighted by atomic mass is 10.0. The number of aromatic nitrogens is 6. The summed E-state index contributed by atoms with van der Waals surface area (Å²) in [6.45, 7) is 2.89. The minimum atomic E-state index is -0.867. The van der Waals surface area contributed by atoms with E-state index in [2.05, 4.69) is 26.6 Å². The SMILES string of the molecule is Cc1c(-c2cn3nccc3c(O[C@H](CO)c3ccc(F)cn3)c2N)nnn1C1CCN(C#N)CC1. The third-order valence-corrected chi connectivity index (χ3v) is 6.33. The third kappa shape index (κ3) is 4.10. The zero-order valence-electron chi connectivity index (χ0n) is 19.0. The Balaban J connectivity index is 1.52. The molecule has 0 saturated carbocycles. The Hall–Kier alpha value is -4.24. The maximum Gasteiger partial charge on any atom is 0.179 e. The number of anilines is 1. The molecule has 1 atom stereocenters. The molecule has 5 rings (SSSR count). The van der Waals surface area contributed by atoms with E-state index in [1.165, 1.54) is 12.1 Å². The number of ether oxygens (including phenoxy) is 1. The van der Waals surface area contributed by atoms with Crippen LogP contribution in [-0.4, -0.2) is 59.3 Å². The van der Waals surface area contributed by atoms with Crippen LogP contribution < -0.4 is 10.5 Å². The number of nitrogens with zero attached hydrogens (tertiary/aromatic N) is 8. The number of fused-ring (bicyclic) bond motifs is 1. The Bertz CT molecular complexity index is 1380. The van der Waals surface area contributed by atoms with E-state index >= 15 is 0 Å². The van der Waals surface area contributed by atoms with E-state index < -0.39 is 11.9 Å². The maximum absolute atomic E-state index is 13.3. The number of halogens is 1. The van der Waals surface area contributed by atoms with Gasteiger partial charge in [-0.15, -0.1) is 5.10 Å². The average molecular weight is 478 g/mol. The van der Waals surface area contributed by atoms with Crippen molar-refractivity contribution < 1.29 is 14.2 Å². The molecular formula is C23H24FN9O2. The molecule has 0 radical (unpaired) electrons. The fourth-order valence-electron chi connectivity index (χ4n) is 4.42. The molecule has 0 aliphatic carbocycles. The second-order valence-corrected chi connectivity index (χ2v) is 8.42. The standard InChI is InChI=1S/C23H24FN9O2/c1-14-22(29-30-33(14)16-5-8-31(13-25)9-6-16)17-11-32-19(4-7-28-32)23(21(17)26)35-20(12-34)18-3-2-15(24)10-27-18/h2-4,7,10-11,16,20,34H,5-6,8-9,12,26H2,1H3/t20-/m1/s1. The highest BCUT2D eigenvalue weighted by molar-refractivity contribution is 5.85. The van der Waals surface area contributed by atoms with Crippen molar-refractivity contribution in [2.75, 3.05) is 25.4 Å². The van der Waals surface area contributed by atoms with Crippen LogP contribution in [0, 0.1) is 24.2 Å². The second-order valence-electron chi connectivity index (χ2n) is 8.42. The number of pyridine rings is 2. The van der Waals surface area contributed by atoms with E-state index in [0.717, 1.165) is 24.7 Å². The molecule has 1 fully saturated rings. The van der Waals surface area contributed by atoms with Crippen LogP contribution in [0.5, 0.6) is 5.75 Å². The quantitative estimate of drug-likeness (QED) is 0.400. The molecule has 0 bridgehead atoms. The molecule has 5 heterocycles. The lowest BCUT2D eigenvalue weighted by Gasteiger charge is -2.28. The fourth-order valence-corrected chi connectivity index (χ4v) is 4.42. The Morgan fingerprint density at radius 1 is 1.31 bits per heavy atom. The van der Waals surface area contributed by atoms with E-state index in [1.807, 2.05) is 11.6 Å². The van der Waals surface area contributed by atoms with Crippen molar-refractivity contribution >= 4 is 11.2 Å². The van der Waals surface area contributed by atoms with Crippen LogP contribution in [-0.2, 0) is 0 Å². The number of aliphatic hydroxyl groups is 1. The molecule has 1 aliphatic rings. The number of hydrogen-bond acceptors (Lipinski definition) is 9. The van der Waals surface area contributed by atoms with E-state index in [9.17, 15) is 9.50 Å². The van der Waals surface area contributed by atoms with Crippen LogP contribution in [0.15, 0.2) is 36.8 Å². The Morgan fingerprint density at radius 2 is 2.11 bits per heavy atom. The zero-order valence-corrected chi connectivity index (χ0v) is 19.0. The highest BCUT2D eigenvalue weighted by Gasteiger charge is 2.26. The summed E-state index contributed by atoms with van der Waals surface area (Å²) in [6.07, 6.45) is 7.36. The molecular weight excluding hydrogens is 453 g/mol. The molecule has 0 spiro atoms. The number of hydrogen-bond donors (Lipinski definition) is 2. The molecule has 4 aromatic heterocycles. The van der Waals surface area contributed by atoms with Gasteiger partial charge in [0, 0.05) is 24.8 Å². The summed E-state index contributed by atoms with van der Waals surface area (Å²) in [7, 11) is 0. The molecule has 12 heteroatoms. The van der Waals surface area contributed by atoms with Gasteiger partial charge < -0.3 is 20.5 Å². The van der Waals surface area contributed by atoms with Gasteiger partial charge in [0.05, 0.1) is 42.1 Å². The molecule has 0 amide bonds. The Morgan fingerprint density at radius 3 is 2.80 bits per heavy atom. The molecule has 4 aromatic rings. The first-order valence-electron chi connectivity index (χ1n) is 11.2. The maximum atomic E-state index is 13.3. The lowest BCUT2D eigenvalue weighted by molar-refractivity contribution is 0.115. The zero-order chi connectivity index (χ0) is 24.5. The van der Waals surface area contributed by atoms with Gasteiger partial charge in [-0.2, -0.15) is 10.4 Å². The molecule has 1 saturated heterocycles. The predicted octanol–water partition coefficient (Wildman–Crippen LogP) is 2.25. The summed E-state index contributed by atoms with van der Waals surface area (Å²) < 4.78 is 23.0. The second kappa shape index (κ2) is 9.19.